The number of hydrogen-bond donors (Lipinski definition) is 1. The third-order valence-corrected chi connectivity index (χ3v) is 5.68. The zero-order valence-corrected chi connectivity index (χ0v) is 17.5. The van der Waals surface area contributed by atoms with Crippen molar-refractivity contribution in [2.24, 2.45) is 0 Å². The number of hydrogen-bond acceptors (Lipinski definition) is 5. The van der Waals surface area contributed by atoms with Crippen molar-refractivity contribution < 1.29 is 14.6 Å². The molecule has 0 atom stereocenters. The standard InChI is InChI=1S/C25H28N2O3/c1-25(2,19-6-10-22(28)11-7-19)20-8-12-23(13-9-20)30-18-21-4-3-5-24(26-21)27-14-16-29-17-15-27/h3-13,28H,14-18H2,1-2H3. The predicted molar refractivity (Wildman–Crippen MR) is 118 cm³/mol. The number of anilines is 1. The van der Waals surface area contributed by atoms with Crippen molar-refractivity contribution in [1.29, 1.82) is 0 Å². The van der Waals surface area contributed by atoms with E-state index in [1.165, 1.54) is 5.56 Å². The van der Waals surface area contributed by atoms with Gasteiger partial charge in [0.15, 0.2) is 0 Å². The summed E-state index contributed by atoms with van der Waals surface area (Å²) in [5.74, 6) is 2.08. The van der Waals surface area contributed by atoms with Crippen LogP contribution in [-0.2, 0) is 16.8 Å². The van der Waals surface area contributed by atoms with Crippen LogP contribution in [-0.4, -0.2) is 36.4 Å². The lowest BCUT2D eigenvalue weighted by atomic mass is 9.78. The first kappa shape index (κ1) is 20.2. The van der Waals surface area contributed by atoms with Crippen molar-refractivity contribution in [2.75, 3.05) is 31.2 Å². The van der Waals surface area contributed by atoms with Crippen LogP contribution in [0.1, 0.15) is 30.7 Å². The number of phenols is 1. The molecule has 0 radical (unpaired) electrons. The molecule has 0 unspecified atom stereocenters. The van der Waals surface area contributed by atoms with E-state index in [1.54, 1.807) is 12.1 Å². The molecule has 0 amide bonds. The Morgan fingerprint density at radius 1 is 0.933 bits per heavy atom. The first-order valence-corrected chi connectivity index (χ1v) is 10.3. The number of aromatic hydroxyl groups is 1. The third kappa shape index (κ3) is 4.57. The van der Waals surface area contributed by atoms with Gasteiger partial charge in [0.1, 0.15) is 23.9 Å². The topological polar surface area (TPSA) is 54.8 Å². The van der Waals surface area contributed by atoms with E-state index in [4.69, 9.17) is 14.5 Å². The van der Waals surface area contributed by atoms with Gasteiger partial charge in [-0.1, -0.05) is 44.2 Å². The van der Waals surface area contributed by atoms with Gasteiger partial charge in [-0.2, -0.15) is 0 Å². The monoisotopic (exact) mass is 404 g/mol. The molecular weight excluding hydrogens is 376 g/mol. The lowest BCUT2D eigenvalue weighted by Gasteiger charge is -2.28. The van der Waals surface area contributed by atoms with Crippen LogP contribution in [0.25, 0.3) is 0 Å². The number of nitrogens with zero attached hydrogens (tertiary/aromatic N) is 2. The second kappa shape index (κ2) is 8.76. The van der Waals surface area contributed by atoms with Gasteiger partial charge in [-0.25, -0.2) is 4.98 Å². The highest BCUT2D eigenvalue weighted by atomic mass is 16.5. The van der Waals surface area contributed by atoms with Crippen LogP contribution in [0.2, 0.25) is 0 Å². The van der Waals surface area contributed by atoms with E-state index in [2.05, 4.69) is 30.9 Å². The largest absolute Gasteiger partial charge is 0.508 e. The van der Waals surface area contributed by atoms with E-state index in [9.17, 15) is 5.11 Å². The van der Waals surface area contributed by atoms with E-state index in [0.29, 0.717) is 6.61 Å². The molecule has 1 saturated heterocycles. The molecule has 1 N–H and O–H groups in total. The Hall–Kier alpha value is -3.05. The Morgan fingerprint density at radius 3 is 2.23 bits per heavy atom. The Balaban J connectivity index is 1.41. The molecule has 30 heavy (non-hydrogen) atoms. The fourth-order valence-corrected chi connectivity index (χ4v) is 3.69. The average molecular weight is 405 g/mol. The maximum Gasteiger partial charge on any atom is 0.130 e. The van der Waals surface area contributed by atoms with Crippen LogP contribution in [0.3, 0.4) is 0 Å². The van der Waals surface area contributed by atoms with Crippen molar-refractivity contribution in [1.82, 2.24) is 4.98 Å². The lowest BCUT2D eigenvalue weighted by Crippen LogP contribution is -2.36. The van der Waals surface area contributed by atoms with Crippen LogP contribution in [0.15, 0.2) is 66.7 Å². The number of morpholine rings is 1. The van der Waals surface area contributed by atoms with Crippen LogP contribution in [0.5, 0.6) is 11.5 Å². The summed E-state index contributed by atoms with van der Waals surface area (Å²) in [5, 5.41) is 9.54. The summed E-state index contributed by atoms with van der Waals surface area (Å²) in [6, 6.07) is 21.6. The van der Waals surface area contributed by atoms with Gasteiger partial charge in [-0.05, 0) is 47.5 Å². The molecule has 3 aromatic rings. The zero-order chi connectivity index (χ0) is 21.0. The number of pyridine rings is 1. The van der Waals surface area contributed by atoms with Crippen molar-refractivity contribution in [3.05, 3.63) is 83.6 Å². The molecule has 5 heteroatoms. The molecule has 1 aromatic heterocycles. The van der Waals surface area contributed by atoms with E-state index < -0.39 is 0 Å². The molecule has 5 nitrogen and oxygen atoms in total. The first-order valence-electron chi connectivity index (χ1n) is 10.3. The molecule has 0 saturated carbocycles. The molecule has 1 aliphatic rings. The SMILES string of the molecule is CC(C)(c1ccc(O)cc1)c1ccc(OCc2cccc(N3CCOCC3)n2)cc1. The van der Waals surface area contributed by atoms with Crippen LogP contribution in [0, 0.1) is 0 Å². The van der Waals surface area contributed by atoms with Crippen LogP contribution >= 0.6 is 0 Å². The number of rotatable bonds is 6. The minimum atomic E-state index is -0.166. The van der Waals surface area contributed by atoms with Gasteiger partial charge < -0.3 is 19.5 Å². The Labute approximate surface area is 177 Å². The predicted octanol–water partition coefficient (Wildman–Crippen LogP) is 4.53. The van der Waals surface area contributed by atoms with Crippen molar-refractivity contribution in [3.63, 3.8) is 0 Å². The highest BCUT2D eigenvalue weighted by Gasteiger charge is 2.23. The second-order valence-corrected chi connectivity index (χ2v) is 8.07. The van der Waals surface area contributed by atoms with Crippen molar-refractivity contribution >= 4 is 5.82 Å². The Bertz CT molecular complexity index is 962. The highest BCUT2D eigenvalue weighted by molar-refractivity contribution is 5.42. The van der Waals surface area contributed by atoms with Crippen molar-refractivity contribution in [2.45, 2.75) is 25.9 Å². The normalized spacial score (nSPS) is 14.5. The fourth-order valence-electron chi connectivity index (χ4n) is 3.69. The zero-order valence-electron chi connectivity index (χ0n) is 17.5. The minimum Gasteiger partial charge on any atom is -0.508 e. The number of phenolic OH excluding ortho intramolecular Hbond substituents is 1. The maximum atomic E-state index is 9.54. The quantitative estimate of drug-likeness (QED) is 0.654. The van der Waals surface area contributed by atoms with E-state index in [-0.39, 0.29) is 11.2 Å². The first-order chi connectivity index (χ1) is 14.5. The summed E-state index contributed by atoms with van der Waals surface area (Å²) < 4.78 is 11.4. The van der Waals surface area contributed by atoms with Crippen LogP contribution in [0.4, 0.5) is 5.82 Å². The van der Waals surface area contributed by atoms with Crippen molar-refractivity contribution in [3.8, 4) is 11.5 Å². The van der Waals surface area contributed by atoms with E-state index in [0.717, 1.165) is 49.1 Å². The van der Waals surface area contributed by atoms with Gasteiger partial charge in [0.25, 0.3) is 0 Å². The van der Waals surface area contributed by atoms with Crippen LogP contribution < -0.4 is 9.64 Å². The third-order valence-electron chi connectivity index (χ3n) is 5.68. The molecule has 2 heterocycles. The summed E-state index contributed by atoms with van der Waals surface area (Å²) in [4.78, 5) is 6.98. The number of ether oxygens (including phenoxy) is 2. The maximum absolute atomic E-state index is 9.54. The molecule has 1 aliphatic heterocycles. The summed E-state index contributed by atoms with van der Waals surface area (Å²) in [6.45, 7) is 8.02. The van der Waals surface area contributed by atoms with Gasteiger partial charge in [-0.3, -0.25) is 0 Å². The fraction of sp³-hybridized carbons (Fsp3) is 0.320. The highest BCUT2D eigenvalue weighted by Crippen LogP contribution is 2.33. The summed E-state index contributed by atoms with van der Waals surface area (Å²) in [7, 11) is 0. The van der Waals surface area contributed by atoms with Gasteiger partial charge in [0.05, 0.1) is 18.9 Å². The molecule has 0 spiro atoms. The van der Waals surface area contributed by atoms with E-state index >= 15 is 0 Å². The molecule has 0 bridgehead atoms. The lowest BCUT2D eigenvalue weighted by molar-refractivity contribution is 0.122. The molecule has 4 rings (SSSR count). The smallest absolute Gasteiger partial charge is 0.130 e. The Morgan fingerprint density at radius 2 is 1.57 bits per heavy atom. The molecular formula is C25H28N2O3. The van der Waals surface area contributed by atoms with Gasteiger partial charge in [-0.15, -0.1) is 0 Å². The van der Waals surface area contributed by atoms with Gasteiger partial charge >= 0.3 is 0 Å². The number of benzene rings is 2. The molecule has 1 fully saturated rings. The summed E-state index contributed by atoms with van der Waals surface area (Å²) >= 11 is 0. The average Bonchev–Trinajstić information content (AvgIpc) is 2.79. The molecule has 2 aromatic carbocycles. The summed E-state index contributed by atoms with van der Waals surface area (Å²) in [5.41, 5.74) is 3.08. The second-order valence-electron chi connectivity index (χ2n) is 8.07. The van der Waals surface area contributed by atoms with Gasteiger partial charge in [0.2, 0.25) is 0 Å². The molecule has 0 aliphatic carbocycles. The van der Waals surface area contributed by atoms with Gasteiger partial charge in [0, 0.05) is 18.5 Å². The minimum absolute atomic E-state index is 0.166. The van der Waals surface area contributed by atoms with E-state index in [1.807, 2.05) is 42.5 Å². The number of aromatic nitrogens is 1. The molecule has 156 valence electrons. The summed E-state index contributed by atoms with van der Waals surface area (Å²) in [6.07, 6.45) is 0. The Kier molecular flexibility index (Phi) is 5.91.